The number of benzene rings is 2. The maximum atomic E-state index is 10.7. The van der Waals surface area contributed by atoms with Gasteiger partial charge < -0.3 is 9.47 Å². The summed E-state index contributed by atoms with van der Waals surface area (Å²) in [6.07, 6.45) is 1.77. The van der Waals surface area contributed by atoms with Crippen LogP contribution in [-0.2, 0) is 0 Å². The molecule has 0 heterocycles. The summed E-state index contributed by atoms with van der Waals surface area (Å²) in [4.78, 5) is 10.7. The van der Waals surface area contributed by atoms with Gasteiger partial charge in [0.05, 0.1) is 6.61 Å². The van der Waals surface area contributed by atoms with Gasteiger partial charge in [-0.05, 0) is 49.2 Å². The van der Waals surface area contributed by atoms with Gasteiger partial charge in [-0.3, -0.25) is 4.79 Å². The molecule has 0 spiro atoms. The number of ether oxygens (including phenoxy) is 2. The molecule has 20 heavy (non-hydrogen) atoms. The van der Waals surface area contributed by atoms with Crippen LogP contribution < -0.4 is 9.47 Å². The van der Waals surface area contributed by atoms with E-state index in [4.69, 9.17) is 9.47 Å². The van der Waals surface area contributed by atoms with E-state index in [9.17, 15) is 4.79 Å². The predicted molar refractivity (Wildman–Crippen MR) is 78.9 cm³/mol. The predicted octanol–water partition coefficient (Wildman–Crippen LogP) is 4.39. The summed E-state index contributed by atoms with van der Waals surface area (Å²) < 4.78 is 11.6. The Hall–Kier alpha value is -2.29. The van der Waals surface area contributed by atoms with Crippen molar-refractivity contribution in [2.24, 2.45) is 0 Å². The maximum Gasteiger partial charge on any atom is 0.169 e. The minimum atomic E-state index is 0.644. The van der Waals surface area contributed by atoms with Crippen LogP contribution in [0.5, 0.6) is 17.2 Å². The second kappa shape index (κ2) is 6.75. The first-order valence-corrected chi connectivity index (χ1v) is 6.70. The Morgan fingerprint density at radius 1 is 1.05 bits per heavy atom. The fourth-order valence-corrected chi connectivity index (χ4v) is 1.84. The van der Waals surface area contributed by atoms with Crippen LogP contribution in [0, 0.1) is 6.92 Å². The highest BCUT2D eigenvalue weighted by atomic mass is 16.5. The zero-order chi connectivity index (χ0) is 14.4. The van der Waals surface area contributed by atoms with Gasteiger partial charge in [-0.1, -0.05) is 19.1 Å². The fraction of sp³-hybridized carbons (Fsp3) is 0.235. The summed E-state index contributed by atoms with van der Waals surface area (Å²) in [5, 5.41) is 0. The van der Waals surface area contributed by atoms with Gasteiger partial charge in [0.1, 0.15) is 12.0 Å². The number of hydrogen-bond donors (Lipinski definition) is 0. The molecule has 104 valence electrons. The lowest BCUT2D eigenvalue weighted by Crippen LogP contribution is -1.98. The second-order valence-corrected chi connectivity index (χ2v) is 4.54. The van der Waals surface area contributed by atoms with Crippen molar-refractivity contribution in [3.63, 3.8) is 0 Å². The van der Waals surface area contributed by atoms with Crippen LogP contribution in [0.3, 0.4) is 0 Å². The molecule has 0 aliphatic carbocycles. The van der Waals surface area contributed by atoms with Gasteiger partial charge >= 0.3 is 0 Å². The first-order valence-electron chi connectivity index (χ1n) is 6.70. The van der Waals surface area contributed by atoms with Crippen molar-refractivity contribution in [1.29, 1.82) is 0 Å². The van der Waals surface area contributed by atoms with E-state index in [-0.39, 0.29) is 0 Å². The smallest absolute Gasteiger partial charge is 0.169 e. The van der Waals surface area contributed by atoms with E-state index in [1.165, 1.54) is 0 Å². The molecule has 0 N–H and O–H groups in total. The first kappa shape index (κ1) is 14.1. The second-order valence-electron chi connectivity index (χ2n) is 4.54. The normalized spacial score (nSPS) is 10.1. The highest BCUT2D eigenvalue weighted by molar-refractivity contribution is 5.75. The molecule has 2 rings (SSSR count). The number of para-hydroxylation sites is 2. The minimum absolute atomic E-state index is 0.644. The Morgan fingerprint density at radius 3 is 2.45 bits per heavy atom. The van der Waals surface area contributed by atoms with Gasteiger partial charge in [0.2, 0.25) is 0 Å². The van der Waals surface area contributed by atoms with Crippen LogP contribution in [0.25, 0.3) is 0 Å². The molecular formula is C17H18O3. The van der Waals surface area contributed by atoms with E-state index in [0.717, 1.165) is 29.8 Å². The van der Waals surface area contributed by atoms with Crippen LogP contribution in [-0.4, -0.2) is 12.9 Å². The topological polar surface area (TPSA) is 35.5 Å². The Balaban J connectivity index is 2.23. The lowest BCUT2D eigenvalue weighted by molar-refractivity contribution is 0.112. The molecule has 0 aromatic heterocycles. The van der Waals surface area contributed by atoms with Gasteiger partial charge in [0.15, 0.2) is 11.5 Å². The molecule has 0 unspecified atom stereocenters. The molecule has 0 aliphatic heterocycles. The number of carbonyl (C=O) groups excluding carboxylic acids is 1. The summed E-state index contributed by atoms with van der Waals surface area (Å²) in [5.41, 5.74) is 1.56. The molecule has 0 saturated carbocycles. The number of aryl methyl sites for hydroxylation is 1. The van der Waals surface area contributed by atoms with Crippen molar-refractivity contribution in [1.82, 2.24) is 0 Å². The van der Waals surface area contributed by atoms with Crippen LogP contribution in [0.4, 0.5) is 0 Å². The molecule has 0 radical (unpaired) electrons. The van der Waals surface area contributed by atoms with Gasteiger partial charge in [-0.2, -0.15) is 0 Å². The number of aldehydes is 1. The van der Waals surface area contributed by atoms with Crippen molar-refractivity contribution in [2.45, 2.75) is 20.3 Å². The lowest BCUT2D eigenvalue weighted by Gasteiger charge is -2.13. The van der Waals surface area contributed by atoms with Gasteiger partial charge in [-0.15, -0.1) is 0 Å². The molecular weight excluding hydrogens is 252 g/mol. The minimum Gasteiger partial charge on any atom is -0.490 e. The van der Waals surface area contributed by atoms with Crippen molar-refractivity contribution >= 4 is 6.29 Å². The quantitative estimate of drug-likeness (QED) is 0.730. The average molecular weight is 270 g/mol. The summed E-state index contributed by atoms with van der Waals surface area (Å²) in [6, 6.07) is 12.9. The molecule has 0 aliphatic rings. The molecule has 0 bridgehead atoms. The van der Waals surface area contributed by atoms with Gasteiger partial charge in [0, 0.05) is 5.56 Å². The molecule has 2 aromatic rings. The molecule has 0 amide bonds. The molecule has 0 saturated heterocycles. The summed E-state index contributed by atoms with van der Waals surface area (Å²) in [7, 11) is 0. The maximum absolute atomic E-state index is 10.7. The molecule has 3 nitrogen and oxygen atoms in total. The molecule has 3 heteroatoms. The Morgan fingerprint density at radius 2 is 1.80 bits per heavy atom. The number of carbonyl (C=O) groups is 1. The van der Waals surface area contributed by atoms with Crippen LogP contribution in [0.15, 0.2) is 42.5 Å². The summed E-state index contributed by atoms with van der Waals surface area (Å²) in [5.74, 6) is 2.14. The third kappa shape index (κ3) is 3.38. The molecule has 0 fully saturated rings. The van der Waals surface area contributed by atoms with E-state index in [2.05, 4.69) is 6.92 Å². The van der Waals surface area contributed by atoms with E-state index in [1.54, 1.807) is 18.2 Å². The Labute approximate surface area is 119 Å². The van der Waals surface area contributed by atoms with Gasteiger partial charge in [-0.25, -0.2) is 0 Å². The first-order chi connectivity index (χ1) is 9.74. The zero-order valence-corrected chi connectivity index (χ0v) is 11.8. The van der Waals surface area contributed by atoms with Crippen LogP contribution in [0.2, 0.25) is 0 Å². The standard InChI is InChI=1S/C17H18O3/c1-3-10-19-16-6-4-5-7-17(16)20-15-9-8-14(12-18)11-13(15)2/h4-9,11-12H,3,10H2,1-2H3. The molecule has 2 aromatic carbocycles. The van der Waals surface area contributed by atoms with Crippen molar-refractivity contribution < 1.29 is 14.3 Å². The SMILES string of the molecule is CCCOc1ccccc1Oc1ccc(C=O)cc1C. The average Bonchev–Trinajstić information content (AvgIpc) is 2.48. The third-order valence-corrected chi connectivity index (χ3v) is 2.87. The van der Waals surface area contributed by atoms with Crippen LogP contribution in [0.1, 0.15) is 29.3 Å². The van der Waals surface area contributed by atoms with Crippen molar-refractivity contribution in [3.8, 4) is 17.2 Å². The van der Waals surface area contributed by atoms with E-state index >= 15 is 0 Å². The highest BCUT2D eigenvalue weighted by Gasteiger charge is 2.07. The van der Waals surface area contributed by atoms with E-state index in [1.807, 2.05) is 31.2 Å². The Bertz CT molecular complexity index is 591. The fourth-order valence-electron chi connectivity index (χ4n) is 1.84. The number of rotatable bonds is 6. The zero-order valence-electron chi connectivity index (χ0n) is 11.8. The number of hydrogen-bond acceptors (Lipinski definition) is 3. The van der Waals surface area contributed by atoms with Crippen molar-refractivity contribution in [2.75, 3.05) is 6.61 Å². The van der Waals surface area contributed by atoms with Crippen molar-refractivity contribution in [3.05, 3.63) is 53.6 Å². The monoisotopic (exact) mass is 270 g/mol. The highest BCUT2D eigenvalue weighted by Crippen LogP contribution is 2.33. The Kier molecular flexibility index (Phi) is 4.77. The summed E-state index contributed by atoms with van der Waals surface area (Å²) in [6.45, 7) is 4.63. The lowest BCUT2D eigenvalue weighted by atomic mass is 10.1. The molecule has 0 atom stereocenters. The van der Waals surface area contributed by atoms with Gasteiger partial charge in [0.25, 0.3) is 0 Å². The van der Waals surface area contributed by atoms with E-state index in [0.29, 0.717) is 17.9 Å². The third-order valence-electron chi connectivity index (χ3n) is 2.87. The van der Waals surface area contributed by atoms with Crippen LogP contribution >= 0.6 is 0 Å². The van der Waals surface area contributed by atoms with E-state index < -0.39 is 0 Å². The summed E-state index contributed by atoms with van der Waals surface area (Å²) >= 11 is 0. The largest absolute Gasteiger partial charge is 0.490 e.